The van der Waals surface area contributed by atoms with Crippen molar-refractivity contribution in [2.45, 2.75) is 56.9 Å². The monoisotopic (exact) mass is 582 g/mol. The average Bonchev–Trinajstić information content (AvgIpc) is 2.99. The molecule has 1 heterocycles. The molecule has 4 amide bonds. The van der Waals surface area contributed by atoms with E-state index in [-0.39, 0.29) is 36.5 Å². The van der Waals surface area contributed by atoms with Crippen molar-refractivity contribution in [2.24, 2.45) is 0 Å². The Labute approximate surface area is 247 Å². The van der Waals surface area contributed by atoms with Crippen molar-refractivity contribution in [1.29, 1.82) is 0 Å². The molecule has 222 valence electrons. The molecule has 0 bridgehead atoms. The van der Waals surface area contributed by atoms with Crippen LogP contribution in [-0.2, 0) is 31.4 Å². The third-order valence-electron chi connectivity index (χ3n) is 7.20. The molecule has 0 radical (unpaired) electrons. The smallest absolute Gasteiger partial charge is 0.245 e. The van der Waals surface area contributed by atoms with Gasteiger partial charge in [0.25, 0.3) is 0 Å². The zero-order valence-electron chi connectivity index (χ0n) is 24.3. The van der Waals surface area contributed by atoms with Crippen LogP contribution >= 0.6 is 11.8 Å². The first kappa shape index (κ1) is 32.0. The van der Waals surface area contributed by atoms with Gasteiger partial charge in [-0.2, -0.15) is 11.8 Å². The van der Waals surface area contributed by atoms with Crippen molar-refractivity contribution < 1.29 is 23.9 Å². The van der Waals surface area contributed by atoms with Crippen molar-refractivity contribution >= 4 is 35.4 Å². The van der Waals surface area contributed by atoms with E-state index in [2.05, 4.69) is 22.8 Å². The van der Waals surface area contributed by atoms with Crippen molar-refractivity contribution in [1.82, 2.24) is 20.4 Å². The highest BCUT2D eigenvalue weighted by atomic mass is 32.2. The lowest BCUT2D eigenvalue weighted by Crippen LogP contribution is -2.54. The SMILES string of the molecule is COc1ccc(C[C@@H]2NC(=O)CCCN(C(=O)CCSCc3ccccc3)CCCNC(=O)[C@H](C)N(C)C2=O)cc1. The van der Waals surface area contributed by atoms with Crippen LogP contribution in [0.5, 0.6) is 5.75 Å². The van der Waals surface area contributed by atoms with Crippen molar-refractivity contribution in [3.63, 3.8) is 0 Å². The van der Waals surface area contributed by atoms with Crippen molar-refractivity contribution in [3.05, 3.63) is 65.7 Å². The fourth-order valence-electron chi connectivity index (χ4n) is 4.58. The summed E-state index contributed by atoms with van der Waals surface area (Å²) in [7, 11) is 3.16. The molecule has 9 nitrogen and oxygen atoms in total. The summed E-state index contributed by atoms with van der Waals surface area (Å²) >= 11 is 1.72. The molecule has 3 rings (SSSR count). The number of nitrogens with zero attached hydrogens (tertiary/aromatic N) is 2. The number of nitrogens with one attached hydrogen (secondary N) is 2. The molecule has 0 saturated carbocycles. The van der Waals surface area contributed by atoms with Crippen molar-refractivity contribution in [3.8, 4) is 5.75 Å². The number of hydrogen-bond acceptors (Lipinski definition) is 6. The van der Waals surface area contributed by atoms with Gasteiger partial charge in [0.15, 0.2) is 0 Å². The number of likely N-dealkylation sites (N-methyl/N-ethyl adjacent to an activating group) is 1. The molecular formula is C31H42N4O5S. The van der Waals surface area contributed by atoms with E-state index in [4.69, 9.17) is 4.74 Å². The number of carbonyl (C=O) groups excluding carboxylic acids is 4. The molecule has 10 heteroatoms. The standard InChI is InChI=1S/C31H42N4O5S/c1-23-30(38)32-17-8-19-35(29(37)16-20-41-22-25-9-5-4-6-10-25)18-7-11-28(36)33-27(31(39)34(23)2)21-24-12-14-26(40-3)15-13-24/h4-6,9-10,12-15,23,27H,7-8,11,16-22H2,1-3H3,(H,32,38)(H,33,36)/t23-,27-/m0/s1. The molecule has 1 fully saturated rings. The van der Waals surface area contributed by atoms with Crippen LogP contribution in [0.2, 0.25) is 0 Å². The summed E-state index contributed by atoms with van der Waals surface area (Å²) in [6.45, 7) is 3.00. The van der Waals surface area contributed by atoms with Gasteiger partial charge in [0, 0.05) is 57.5 Å². The van der Waals surface area contributed by atoms with Gasteiger partial charge in [0.2, 0.25) is 23.6 Å². The van der Waals surface area contributed by atoms with E-state index in [0.717, 1.165) is 11.3 Å². The summed E-state index contributed by atoms with van der Waals surface area (Å²) in [5.74, 6) is 1.42. The largest absolute Gasteiger partial charge is 0.497 e. The van der Waals surface area contributed by atoms with Crippen LogP contribution in [0.15, 0.2) is 54.6 Å². The van der Waals surface area contributed by atoms with Crippen LogP contribution in [0, 0.1) is 0 Å². The molecule has 2 atom stereocenters. The molecule has 2 aromatic rings. The minimum atomic E-state index is -0.833. The molecule has 0 aromatic heterocycles. The van der Waals surface area contributed by atoms with Gasteiger partial charge >= 0.3 is 0 Å². The highest BCUT2D eigenvalue weighted by Crippen LogP contribution is 2.16. The quantitative estimate of drug-likeness (QED) is 0.464. The van der Waals surface area contributed by atoms with E-state index >= 15 is 0 Å². The zero-order valence-corrected chi connectivity index (χ0v) is 25.1. The molecule has 0 aliphatic carbocycles. The molecule has 41 heavy (non-hydrogen) atoms. The van der Waals surface area contributed by atoms with Crippen LogP contribution in [-0.4, -0.2) is 85.1 Å². The lowest BCUT2D eigenvalue weighted by atomic mass is 10.0. The number of methoxy groups -OCH3 is 1. The maximum absolute atomic E-state index is 13.4. The van der Waals surface area contributed by atoms with Crippen LogP contribution in [0.4, 0.5) is 0 Å². The summed E-state index contributed by atoms with van der Waals surface area (Å²) in [4.78, 5) is 55.4. The van der Waals surface area contributed by atoms with Crippen LogP contribution < -0.4 is 15.4 Å². The number of amides is 4. The third-order valence-corrected chi connectivity index (χ3v) is 8.23. The molecule has 2 N–H and O–H groups in total. The van der Waals surface area contributed by atoms with E-state index in [1.807, 2.05) is 30.3 Å². The van der Waals surface area contributed by atoms with Crippen LogP contribution in [0.1, 0.15) is 43.7 Å². The number of hydrogen-bond donors (Lipinski definition) is 2. The fraction of sp³-hybridized carbons (Fsp3) is 0.484. The number of ether oxygens (including phenoxy) is 1. The summed E-state index contributed by atoms with van der Waals surface area (Å²) in [5, 5.41) is 5.77. The van der Waals surface area contributed by atoms with Gasteiger partial charge in [-0.05, 0) is 43.0 Å². The first-order chi connectivity index (χ1) is 19.8. The number of benzene rings is 2. The first-order valence-corrected chi connectivity index (χ1v) is 15.3. The molecule has 0 spiro atoms. The molecular weight excluding hydrogens is 540 g/mol. The molecule has 1 saturated heterocycles. The minimum absolute atomic E-state index is 0.0438. The third kappa shape index (κ3) is 10.4. The van der Waals surface area contributed by atoms with E-state index < -0.39 is 12.1 Å². The Kier molecular flexibility index (Phi) is 13.0. The minimum Gasteiger partial charge on any atom is -0.497 e. The van der Waals surface area contributed by atoms with Crippen LogP contribution in [0.3, 0.4) is 0 Å². The van der Waals surface area contributed by atoms with E-state index in [1.54, 1.807) is 49.9 Å². The van der Waals surface area contributed by atoms with Gasteiger partial charge in [0.05, 0.1) is 7.11 Å². The highest BCUT2D eigenvalue weighted by molar-refractivity contribution is 7.98. The highest BCUT2D eigenvalue weighted by Gasteiger charge is 2.30. The van der Waals surface area contributed by atoms with Gasteiger partial charge in [0.1, 0.15) is 17.8 Å². The second-order valence-corrected chi connectivity index (χ2v) is 11.3. The lowest BCUT2D eigenvalue weighted by Gasteiger charge is -2.29. The summed E-state index contributed by atoms with van der Waals surface area (Å²) in [5.41, 5.74) is 2.08. The first-order valence-electron chi connectivity index (χ1n) is 14.1. The van der Waals surface area contributed by atoms with Gasteiger partial charge in [-0.15, -0.1) is 0 Å². The molecule has 1 aliphatic heterocycles. The predicted octanol–water partition coefficient (Wildman–Crippen LogP) is 3.02. The number of rotatable bonds is 8. The Morgan fingerprint density at radius 1 is 1.00 bits per heavy atom. The van der Waals surface area contributed by atoms with E-state index in [1.165, 1.54) is 10.5 Å². The second kappa shape index (κ2) is 16.7. The number of carbonyl (C=O) groups is 4. The Morgan fingerprint density at radius 3 is 2.41 bits per heavy atom. The molecule has 1 aliphatic rings. The maximum atomic E-state index is 13.4. The van der Waals surface area contributed by atoms with Gasteiger partial charge < -0.3 is 25.2 Å². The van der Waals surface area contributed by atoms with Crippen molar-refractivity contribution in [2.75, 3.05) is 39.5 Å². The normalized spacial score (nSPS) is 19.5. The Morgan fingerprint density at radius 2 is 1.71 bits per heavy atom. The molecule has 2 aromatic carbocycles. The van der Waals surface area contributed by atoms with E-state index in [0.29, 0.717) is 50.4 Å². The summed E-state index contributed by atoms with van der Waals surface area (Å²) in [6, 6.07) is 15.9. The Hall–Kier alpha value is -3.53. The average molecular weight is 583 g/mol. The summed E-state index contributed by atoms with van der Waals surface area (Å²) in [6.07, 6.45) is 1.95. The topological polar surface area (TPSA) is 108 Å². The Bertz CT molecular complexity index is 1140. The fourth-order valence-corrected chi connectivity index (χ4v) is 5.47. The van der Waals surface area contributed by atoms with E-state index in [9.17, 15) is 19.2 Å². The van der Waals surface area contributed by atoms with Gasteiger partial charge in [-0.1, -0.05) is 42.5 Å². The maximum Gasteiger partial charge on any atom is 0.245 e. The van der Waals surface area contributed by atoms with Crippen LogP contribution in [0.25, 0.3) is 0 Å². The zero-order chi connectivity index (χ0) is 29.6. The lowest BCUT2D eigenvalue weighted by molar-refractivity contribution is -0.141. The number of thioether (sulfide) groups is 1. The predicted molar refractivity (Wildman–Crippen MR) is 162 cm³/mol. The van der Waals surface area contributed by atoms with Gasteiger partial charge in [-0.25, -0.2) is 0 Å². The second-order valence-electron chi connectivity index (χ2n) is 10.2. The van der Waals surface area contributed by atoms with Gasteiger partial charge in [-0.3, -0.25) is 19.2 Å². The molecule has 0 unspecified atom stereocenters. The summed E-state index contributed by atoms with van der Waals surface area (Å²) < 4.78 is 5.22. The Balaban J connectivity index is 1.64.